The van der Waals surface area contributed by atoms with Crippen molar-refractivity contribution in [1.82, 2.24) is 4.90 Å². The van der Waals surface area contributed by atoms with Crippen LogP contribution in [0.25, 0.3) is 0 Å². The molecule has 26 heavy (non-hydrogen) atoms. The minimum absolute atomic E-state index is 0.00442. The highest BCUT2D eigenvalue weighted by Gasteiger charge is 2.48. The van der Waals surface area contributed by atoms with Crippen LogP contribution < -0.4 is 0 Å². The van der Waals surface area contributed by atoms with E-state index in [0.29, 0.717) is 11.7 Å². The quantitative estimate of drug-likeness (QED) is 0.869. The number of rotatable bonds is 2. The van der Waals surface area contributed by atoms with Crippen LogP contribution >= 0.6 is 0 Å². The summed E-state index contributed by atoms with van der Waals surface area (Å²) < 4.78 is 0. The summed E-state index contributed by atoms with van der Waals surface area (Å²) in [6.07, 6.45) is 2.90. The van der Waals surface area contributed by atoms with E-state index in [9.17, 15) is 9.90 Å². The Kier molecular flexibility index (Phi) is 4.26. The highest BCUT2D eigenvalue weighted by atomic mass is 16.3. The molecule has 2 aromatic carbocycles. The van der Waals surface area contributed by atoms with Crippen molar-refractivity contribution in [2.24, 2.45) is 5.92 Å². The van der Waals surface area contributed by atoms with Crippen LogP contribution in [0.15, 0.2) is 54.6 Å². The Balaban J connectivity index is 1.60. The number of phenols is 1. The van der Waals surface area contributed by atoms with Crippen LogP contribution in [-0.4, -0.2) is 28.5 Å². The summed E-state index contributed by atoms with van der Waals surface area (Å²) in [6, 6.07) is 18.1. The monoisotopic (exact) mass is 349 g/mol. The largest absolute Gasteiger partial charge is 0.508 e. The van der Waals surface area contributed by atoms with E-state index in [1.807, 2.05) is 30.3 Å². The van der Waals surface area contributed by atoms with E-state index in [2.05, 4.69) is 36.9 Å². The lowest BCUT2D eigenvalue weighted by Gasteiger charge is -2.53. The van der Waals surface area contributed by atoms with E-state index in [-0.39, 0.29) is 23.3 Å². The van der Waals surface area contributed by atoms with E-state index in [1.54, 1.807) is 6.07 Å². The third kappa shape index (κ3) is 2.70. The Morgan fingerprint density at radius 1 is 1.08 bits per heavy atom. The maximum atomic E-state index is 13.2. The average molecular weight is 349 g/mol. The van der Waals surface area contributed by atoms with Gasteiger partial charge < -0.3 is 10.0 Å². The third-order valence-electron chi connectivity index (χ3n) is 6.89. The fourth-order valence-corrected chi connectivity index (χ4v) is 5.04. The molecular formula is C23H27NO2. The van der Waals surface area contributed by atoms with Crippen molar-refractivity contribution < 1.29 is 9.90 Å². The van der Waals surface area contributed by atoms with Gasteiger partial charge in [0.15, 0.2) is 0 Å². The number of fused-ring (bicyclic) bond motifs is 1. The average Bonchev–Trinajstić information content (AvgIpc) is 2.66. The van der Waals surface area contributed by atoms with Gasteiger partial charge in [0.1, 0.15) is 5.75 Å². The number of amides is 1. The van der Waals surface area contributed by atoms with Crippen molar-refractivity contribution in [1.29, 1.82) is 0 Å². The first-order chi connectivity index (χ1) is 12.5. The lowest BCUT2D eigenvalue weighted by Crippen LogP contribution is -2.59. The number of hydrogen-bond acceptors (Lipinski definition) is 2. The van der Waals surface area contributed by atoms with Crippen molar-refractivity contribution in [3.05, 3.63) is 65.7 Å². The Morgan fingerprint density at radius 3 is 2.58 bits per heavy atom. The summed E-state index contributed by atoms with van der Waals surface area (Å²) in [5.74, 6) is 0.975. The number of aromatic hydroxyl groups is 1. The molecule has 0 radical (unpaired) electrons. The smallest absolute Gasteiger partial charge is 0.230 e. The second kappa shape index (κ2) is 6.46. The van der Waals surface area contributed by atoms with E-state index in [0.717, 1.165) is 31.4 Å². The van der Waals surface area contributed by atoms with Gasteiger partial charge in [-0.05, 0) is 53.9 Å². The van der Waals surface area contributed by atoms with E-state index >= 15 is 0 Å². The molecule has 4 rings (SSSR count). The highest BCUT2D eigenvalue weighted by molar-refractivity contribution is 5.85. The fourth-order valence-electron chi connectivity index (χ4n) is 5.04. The third-order valence-corrected chi connectivity index (χ3v) is 6.89. The van der Waals surface area contributed by atoms with Gasteiger partial charge in [0.2, 0.25) is 5.91 Å². The number of piperidine rings is 2. The Hall–Kier alpha value is -2.29. The zero-order valence-corrected chi connectivity index (χ0v) is 15.6. The molecule has 136 valence electrons. The molecule has 1 N–H and O–H groups in total. The number of nitrogens with zero attached hydrogens (tertiary/aromatic N) is 1. The number of benzene rings is 2. The Bertz CT molecular complexity index is 803. The first-order valence-corrected chi connectivity index (χ1v) is 9.65. The molecule has 0 aromatic heterocycles. The molecule has 0 saturated carbocycles. The van der Waals surface area contributed by atoms with Gasteiger partial charge in [0, 0.05) is 12.6 Å². The zero-order valence-electron chi connectivity index (χ0n) is 15.6. The Morgan fingerprint density at radius 2 is 1.85 bits per heavy atom. The molecule has 3 nitrogen and oxygen atoms in total. The van der Waals surface area contributed by atoms with Crippen molar-refractivity contribution in [3.8, 4) is 5.75 Å². The molecule has 1 unspecified atom stereocenters. The summed E-state index contributed by atoms with van der Waals surface area (Å²) in [4.78, 5) is 15.3. The molecule has 2 aliphatic rings. The summed E-state index contributed by atoms with van der Waals surface area (Å²) in [6.45, 7) is 5.36. The van der Waals surface area contributed by atoms with Gasteiger partial charge in [0.05, 0.1) is 5.92 Å². The van der Waals surface area contributed by atoms with E-state index < -0.39 is 0 Å². The Labute approximate surface area is 155 Å². The first-order valence-electron chi connectivity index (χ1n) is 9.65. The van der Waals surface area contributed by atoms with Crippen LogP contribution in [0.3, 0.4) is 0 Å². The summed E-state index contributed by atoms with van der Waals surface area (Å²) >= 11 is 0. The van der Waals surface area contributed by atoms with E-state index in [4.69, 9.17) is 0 Å². The SMILES string of the molecule is C[C@H]1[C@H]2CCC(c3ccccc3)C(=O)N2CC[C@@]1(C)c1cccc(O)c1. The van der Waals surface area contributed by atoms with Gasteiger partial charge in [-0.25, -0.2) is 0 Å². The van der Waals surface area contributed by atoms with Crippen LogP contribution in [-0.2, 0) is 10.2 Å². The lowest BCUT2D eigenvalue weighted by atomic mass is 9.62. The summed E-state index contributed by atoms with van der Waals surface area (Å²) in [5, 5.41) is 9.92. The minimum Gasteiger partial charge on any atom is -0.508 e. The maximum Gasteiger partial charge on any atom is 0.230 e. The number of phenolic OH excluding ortho intramolecular Hbond substituents is 1. The van der Waals surface area contributed by atoms with Crippen molar-refractivity contribution >= 4 is 5.91 Å². The predicted octanol–water partition coefficient (Wildman–Crippen LogP) is 4.46. The van der Waals surface area contributed by atoms with Crippen molar-refractivity contribution in [2.45, 2.75) is 50.5 Å². The second-order valence-corrected chi connectivity index (χ2v) is 8.15. The van der Waals surface area contributed by atoms with Gasteiger partial charge in [-0.15, -0.1) is 0 Å². The minimum atomic E-state index is -0.0141. The lowest BCUT2D eigenvalue weighted by molar-refractivity contribution is -0.144. The molecule has 2 fully saturated rings. The molecule has 3 heteroatoms. The molecule has 0 aliphatic carbocycles. The molecule has 2 aliphatic heterocycles. The molecular weight excluding hydrogens is 322 g/mol. The van der Waals surface area contributed by atoms with Crippen molar-refractivity contribution in [3.63, 3.8) is 0 Å². The number of hydrogen-bond donors (Lipinski definition) is 1. The first kappa shape index (κ1) is 17.1. The van der Waals surface area contributed by atoms with Gasteiger partial charge >= 0.3 is 0 Å². The second-order valence-electron chi connectivity index (χ2n) is 8.15. The van der Waals surface area contributed by atoms with Gasteiger partial charge in [-0.3, -0.25) is 4.79 Å². The predicted molar refractivity (Wildman–Crippen MR) is 103 cm³/mol. The molecule has 0 bridgehead atoms. The van der Waals surface area contributed by atoms with Gasteiger partial charge in [-0.1, -0.05) is 56.3 Å². The summed E-state index contributed by atoms with van der Waals surface area (Å²) in [7, 11) is 0. The topological polar surface area (TPSA) is 40.5 Å². The zero-order chi connectivity index (χ0) is 18.3. The number of carbonyl (C=O) groups is 1. The van der Waals surface area contributed by atoms with E-state index in [1.165, 1.54) is 5.56 Å². The van der Waals surface area contributed by atoms with Gasteiger partial charge in [0.25, 0.3) is 0 Å². The normalized spacial score (nSPS) is 31.5. The van der Waals surface area contributed by atoms with Crippen molar-refractivity contribution in [2.75, 3.05) is 6.54 Å². The molecule has 2 aromatic rings. The highest BCUT2D eigenvalue weighted by Crippen LogP contribution is 2.47. The maximum absolute atomic E-state index is 13.2. The van der Waals surface area contributed by atoms with Crippen LogP contribution in [0.4, 0.5) is 0 Å². The van der Waals surface area contributed by atoms with Crippen LogP contribution in [0, 0.1) is 5.92 Å². The number of carbonyl (C=O) groups excluding carboxylic acids is 1. The molecule has 1 amide bonds. The molecule has 4 atom stereocenters. The summed E-state index contributed by atoms with van der Waals surface area (Å²) in [5.41, 5.74) is 2.31. The fraction of sp³-hybridized carbons (Fsp3) is 0.435. The van der Waals surface area contributed by atoms with Crippen LogP contribution in [0.5, 0.6) is 5.75 Å². The van der Waals surface area contributed by atoms with Crippen LogP contribution in [0.1, 0.15) is 50.2 Å². The molecule has 0 spiro atoms. The molecule has 2 heterocycles. The molecule has 2 saturated heterocycles. The standard InChI is InChI=1S/C23H27NO2/c1-16-21-12-11-20(17-7-4-3-5-8-17)22(26)24(21)14-13-23(16,2)18-9-6-10-19(25)15-18/h3-10,15-16,20-21,25H,11-14H2,1-2H3/t16-,20?,21+,23+/m0/s1. The van der Waals surface area contributed by atoms with Gasteiger partial charge in [-0.2, -0.15) is 0 Å². The van der Waals surface area contributed by atoms with Crippen LogP contribution in [0.2, 0.25) is 0 Å².